The minimum atomic E-state index is -0.676. The summed E-state index contributed by atoms with van der Waals surface area (Å²) in [6.07, 6.45) is 27.5. The average molecular weight is 459 g/mol. The standard InChI is InChI=1S/C32H42O2/c33-32(34)25-18-13-11-9-7-5-3-1-2-4-6-8-10-12-15-22-30-23-19-24-31(28-30)27-26-29-20-16-14-17-21-29/h1,3-4,6,14,16-17,19-21,23-24,26-28H,2,5,7-13,15,18,22,25H2,(H,33,34)/b3-1-,6-4-,27-26?. The van der Waals surface area contributed by atoms with Gasteiger partial charge in [-0.25, -0.2) is 0 Å². The van der Waals surface area contributed by atoms with Crippen molar-refractivity contribution in [2.45, 2.75) is 83.5 Å². The molecule has 0 aromatic heterocycles. The normalized spacial score (nSPS) is 11.8. The van der Waals surface area contributed by atoms with Crippen LogP contribution in [0.1, 0.15) is 93.7 Å². The van der Waals surface area contributed by atoms with Crippen LogP contribution in [0.25, 0.3) is 12.2 Å². The van der Waals surface area contributed by atoms with Crippen LogP contribution < -0.4 is 0 Å². The molecule has 2 aromatic carbocycles. The van der Waals surface area contributed by atoms with E-state index in [1.165, 1.54) is 55.2 Å². The third kappa shape index (κ3) is 14.3. The molecule has 2 heteroatoms. The summed E-state index contributed by atoms with van der Waals surface area (Å²) in [4.78, 5) is 10.4. The Labute approximate surface area is 207 Å². The number of carboxylic acids is 1. The van der Waals surface area contributed by atoms with Gasteiger partial charge in [0.25, 0.3) is 0 Å². The molecule has 2 rings (SSSR count). The van der Waals surface area contributed by atoms with Gasteiger partial charge in [-0.05, 0) is 68.1 Å². The zero-order valence-corrected chi connectivity index (χ0v) is 20.7. The second-order valence-electron chi connectivity index (χ2n) is 8.97. The number of carboxylic acid groups (broad SMARTS) is 1. The van der Waals surface area contributed by atoms with Crippen molar-refractivity contribution >= 4 is 18.1 Å². The second-order valence-corrected chi connectivity index (χ2v) is 8.97. The fraction of sp³-hybridized carbons (Fsp3) is 0.406. The first-order valence-electron chi connectivity index (χ1n) is 13.1. The topological polar surface area (TPSA) is 37.3 Å². The number of aliphatic carboxylic acids is 1. The fourth-order valence-corrected chi connectivity index (χ4v) is 3.95. The van der Waals surface area contributed by atoms with Crippen LogP contribution >= 0.6 is 0 Å². The average Bonchev–Trinajstić information content (AvgIpc) is 2.85. The van der Waals surface area contributed by atoms with Gasteiger partial charge < -0.3 is 5.11 Å². The first-order valence-corrected chi connectivity index (χ1v) is 13.1. The highest BCUT2D eigenvalue weighted by atomic mass is 16.4. The Morgan fingerprint density at radius 3 is 2.00 bits per heavy atom. The van der Waals surface area contributed by atoms with Gasteiger partial charge in [0.1, 0.15) is 0 Å². The molecule has 0 aliphatic heterocycles. The lowest BCUT2D eigenvalue weighted by molar-refractivity contribution is -0.137. The van der Waals surface area contributed by atoms with Gasteiger partial charge in [0.15, 0.2) is 0 Å². The maximum absolute atomic E-state index is 10.4. The van der Waals surface area contributed by atoms with Crippen molar-refractivity contribution in [3.63, 3.8) is 0 Å². The monoisotopic (exact) mass is 458 g/mol. The molecule has 0 aliphatic rings. The van der Waals surface area contributed by atoms with Crippen molar-refractivity contribution in [1.29, 1.82) is 0 Å². The largest absolute Gasteiger partial charge is 0.481 e. The molecule has 0 aliphatic carbocycles. The van der Waals surface area contributed by atoms with Crippen molar-refractivity contribution in [2.75, 3.05) is 0 Å². The lowest BCUT2D eigenvalue weighted by Crippen LogP contribution is -1.93. The highest BCUT2D eigenvalue weighted by Gasteiger charge is 1.96. The lowest BCUT2D eigenvalue weighted by Gasteiger charge is -2.03. The van der Waals surface area contributed by atoms with Gasteiger partial charge in [-0.2, -0.15) is 0 Å². The molecule has 2 aromatic rings. The SMILES string of the molecule is O=C(O)CCCCCCC/C=C\C/C=C\CCCCCc1cccc(C=Cc2ccccc2)c1. The predicted molar refractivity (Wildman–Crippen MR) is 147 cm³/mol. The number of allylic oxidation sites excluding steroid dienone is 4. The molecule has 1 N–H and O–H groups in total. The fourth-order valence-electron chi connectivity index (χ4n) is 3.95. The smallest absolute Gasteiger partial charge is 0.303 e. The van der Waals surface area contributed by atoms with Crippen molar-refractivity contribution in [2.24, 2.45) is 0 Å². The zero-order valence-electron chi connectivity index (χ0n) is 20.7. The molecule has 0 unspecified atom stereocenters. The molecule has 0 bridgehead atoms. The zero-order chi connectivity index (χ0) is 24.1. The van der Waals surface area contributed by atoms with E-state index in [2.05, 4.69) is 85.0 Å². The predicted octanol–water partition coefficient (Wildman–Crippen LogP) is 9.28. The first-order chi connectivity index (χ1) is 16.7. The number of rotatable bonds is 18. The molecule has 0 fully saturated rings. The number of aryl methyl sites for hydroxylation is 1. The van der Waals surface area contributed by atoms with E-state index < -0.39 is 5.97 Å². The van der Waals surface area contributed by atoms with Crippen LogP contribution in [0.15, 0.2) is 78.9 Å². The molecule has 34 heavy (non-hydrogen) atoms. The lowest BCUT2D eigenvalue weighted by atomic mass is 10.0. The molecule has 2 nitrogen and oxygen atoms in total. The minimum absolute atomic E-state index is 0.313. The van der Waals surface area contributed by atoms with E-state index in [0.717, 1.165) is 38.5 Å². The first kappa shape index (κ1) is 27.4. The van der Waals surface area contributed by atoms with Crippen LogP contribution in [-0.4, -0.2) is 11.1 Å². The highest BCUT2D eigenvalue weighted by Crippen LogP contribution is 2.14. The Hall–Kier alpha value is -2.87. The molecular weight excluding hydrogens is 416 g/mol. The number of hydrogen-bond acceptors (Lipinski definition) is 1. The van der Waals surface area contributed by atoms with E-state index in [4.69, 9.17) is 5.11 Å². The highest BCUT2D eigenvalue weighted by molar-refractivity contribution is 5.69. The molecule has 0 saturated carbocycles. The van der Waals surface area contributed by atoms with E-state index in [0.29, 0.717) is 6.42 Å². The molecule has 0 amide bonds. The van der Waals surface area contributed by atoms with Crippen LogP contribution in [0.3, 0.4) is 0 Å². The molecule has 0 spiro atoms. The third-order valence-electron chi connectivity index (χ3n) is 5.92. The Balaban J connectivity index is 1.46. The van der Waals surface area contributed by atoms with E-state index in [9.17, 15) is 4.79 Å². The van der Waals surface area contributed by atoms with Crippen LogP contribution in [0.5, 0.6) is 0 Å². The van der Waals surface area contributed by atoms with E-state index in [1.54, 1.807) is 0 Å². The van der Waals surface area contributed by atoms with Gasteiger partial charge >= 0.3 is 5.97 Å². The van der Waals surface area contributed by atoms with Crippen LogP contribution in [0.2, 0.25) is 0 Å². The van der Waals surface area contributed by atoms with Gasteiger partial charge in [-0.1, -0.05) is 117 Å². The molecule has 0 radical (unpaired) electrons. The Kier molecular flexibility index (Phi) is 14.9. The second kappa shape index (κ2) is 18.5. The minimum Gasteiger partial charge on any atom is -0.481 e. The molecule has 182 valence electrons. The van der Waals surface area contributed by atoms with E-state index >= 15 is 0 Å². The third-order valence-corrected chi connectivity index (χ3v) is 5.92. The van der Waals surface area contributed by atoms with Crippen molar-refractivity contribution in [3.8, 4) is 0 Å². The number of hydrogen-bond donors (Lipinski definition) is 1. The van der Waals surface area contributed by atoms with E-state index in [-0.39, 0.29) is 0 Å². The maximum atomic E-state index is 10.4. The summed E-state index contributed by atoms with van der Waals surface area (Å²) in [7, 11) is 0. The number of carbonyl (C=O) groups is 1. The summed E-state index contributed by atoms with van der Waals surface area (Å²) >= 11 is 0. The summed E-state index contributed by atoms with van der Waals surface area (Å²) in [6, 6.07) is 19.3. The van der Waals surface area contributed by atoms with E-state index in [1.807, 2.05) is 6.07 Å². The Morgan fingerprint density at radius 2 is 1.26 bits per heavy atom. The van der Waals surface area contributed by atoms with Crippen LogP contribution in [0, 0.1) is 0 Å². The van der Waals surface area contributed by atoms with Gasteiger partial charge in [0, 0.05) is 6.42 Å². The van der Waals surface area contributed by atoms with Gasteiger partial charge in [0.2, 0.25) is 0 Å². The van der Waals surface area contributed by atoms with Crippen molar-refractivity contribution in [3.05, 3.63) is 95.6 Å². The Morgan fingerprint density at radius 1 is 0.647 bits per heavy atom. The van der Waals surface area contributed by atoms with Gasteiger partial charge in [0.05, 0.1) is 0 Å². The summed E-state index contributed by atoms with van der Waals surface area (Å²) < 4.78 is 0. The van der Waals surface area contributed by atoms with Gasteiger partial charge in [-0.15, -0.1) is 0 Å². The van der Waals surface area contributed by atoms with Gasteiger partial charge in [-0.3, -0.25) is 4.79 Å². The number of unbranched alkanes of at least 4 members (excludes halogenated alkanes) is 8. The van der Waals surface area contributed by atoms with Crippen molar-refractivity contribution in [1.82, 2.24) is 0 Å². The molecule has 0 saturated heterocycles. The van der Waals surface area contributed by atoms with Crippen molar-refractivity contribution < 1.29 is 9.90 Å². The maximum Gasteiger partial charge on any atom is 0.303 e. The Bertz CT molecular complexity index is 877. The van der Waals surface area contributed by atoms with Crippen LogP contribution in [-0.2, 0) is 11.2 Å². The summed E-state index contributed by atoms with van der Waals surface area (Å²) in [6.45, 7) is 0. The summed E-state index contributed by atoms with van der Waals surface area (Å²) in [5.74, 6) is -0.676. The summed E-state index contributed by atoms with van der Waals surface area (Å²) in [5.41, 5.74) is 3.93. The molecular formula is C32H42O2. The molecule has 0 atom stereocenters. The van der Waals surface area contributed by atoms with Crippen LogP contribution in [0.4, 0.5) is 0 Å². The molecule has 0 heterocycles. The number of benzene rings is 2. The quantitative estimate of drug-likeness (QED) is 0.137. The summed E-state index contributed by atoms with van der Waals surface area (Å²) in [5, 5.41) is 8.61.